The van der Waals surface area contributed by atoms with Crippen molar-refractivity contribution in [3.8, 4) is 5.75 Å². The van der Waals surface area contributed by atoms with Crippen LogP contribution in [0.15, 0.2) is 36.5 Å². The van der Waals surface area contributed by atoms with E-state index < -0.39 is 6.10 Å². The fourth-order valence-electron chi connectivity index (χ4n) is 1.99. The Labute approximate surface area is 124 Å². The van der Waals surface area contributed by atoms with Crippen LogP contribution >= 0.6 is 11.6 Å². The number of aliphatic hydroxyl groups is 1. The van der Waals surface area contributed by atoms with Crippen LogP contribution < -0.4 is 4.74 Å². The van der Waals surface area contributed by atoms with E-state index in [0.29, 0.717) is 17.2 Å². The highest BCUT2D eigenvalue weighted by atomic mass is 35.5. The number of aryl methyl sites for hydroxylation is 1. The smallest absolute Gasteiger partial charge is 0.137 e. The van der Waals surface area contributed by atoms with Gasteiger partial charge in [0.05, 0.1) is 18.2 Å². The maximum absolute atomic E-state index is 10.2. The normalized spacial score (nSPS) is 12.2. The summed E-state index contributed by atoms with van der Waals surface area (Å²) in [6.07, 6.45) is 2.65. The van der Waals surface area contributed by atoms with Gasteiger partial charge in [-0.25, -0.2) is 0 Å². The number of hydrogen-bond acceptors (Lipinski definition) is 3. The fraction of sp³-hybridized carbons (Fsp3) is 0.312. The monoisotopic (exact) mass is 291 g/mol. The van der Waals surface area contributed by atoms with E-state index in [1.54, 1.807) is 19.2 Å². The maximum Gasteiger partial charge on any atom is 0.137 e. The van der Waals surface area contributed by atoms with E-state index in [-0.39, 0.29) is 0 Å². The molecular formula is C16H18ClNO2. The Balaban J connectivity index is 2.10. The topological polar surface area (TPSA) is 42.4 Å². The van der Waals surface area contributed by atoms with Gasteiger partial charge in [0.1, 0.15) is 5.75 Å². The maximum atomic E-state index is 10.2. The molecule has 1 heterocycles. The lowest BCUT2D eigenvalue weighted by molar-refractivity contribution is 0.177. The molecule has 2 aromatic rings. The van der Waals surface area contributed by atoms with Crippen LogP contribution in [-0.2, 0) is 12.8 Å². The van der Waals surface area contributed by atoms with Gasteiger partial charge in [-0.15, -0.1) is 0 Å². The van der Waals surface area contributed by atoms with Gasteiger partial charge in [0, 0.05) is 18.3 Å². The Morgan fingerprint density at radius 3 is 2.65 bits per heavy atom. The molecule has 0 aliphatic rings. The van der Waals surface area contributed by atoms with E-state index in [9.17, 15) is 5.11 Å². The zero-order chi connectivity index (χ0) is 14.5. The molecule has 4 heteroatoms. The fourth-order valence-corrected chi connectivity index (χ4v) is 2.26. The third-order valence-electron chi connectivity index (χ3n) is 3.26. The Hall–Kier alpha value is -1.58. The first-order chi connectivity index (χ1) is 9.63. The largest absolute Gasteiger partial charge is 0.495 e. The highest BCUT2D eigenvalue weighted by Gasteiger charge is 2.12. The van der Waals surface area contributed by atoms with Crippen molar-refractivity contribution in [3.63, 3.8) is 0 Å². The summed E-state index contributed by atoms with van der Waals surface area (Å²) in [6, 6.07) is 9.29. The lowest BCUT2D eigenvalue weighted by Crippen LogP contribution is -2.04. The van der Waals surface area contributed by atoms with E-state index in [2.05, 4.69) is 11.9 Å². The Kier molecular flexibility index (Phi) is 4.99. The lowest BCUT2D eigenvalue weighted by atomic mass is 10.0. The number of halogens is 1. The highest BCUT2D eigenvalue weighted by Crippen LogP contribution is 2.28. The molecule has 0 aliphatic carbocycles. The average Bonchev–Trinajstić information content (AvgIpc) is 2.48. The second-order valence-corrected chi connectivity index (χ2v) is 5.03. The minimum absolute atomic E-state index is 0.465. The van der Waals surface area contributed by atoms with Crippen molar-refractivity contribution >= 4 is 11.6 Å². The summed E-state index contributed by atoms with van der Waals surface area (Å²) in [5.74, 6) is 0.605. The Morgan fingerprint density at radius 2 is 2.10 bits per heavy atom. The number of ether oxygens (including phenoxy) is 1. The minimum Gasteiger partial charge on any atom is -0.495 e. The predicted molar refractivity (Wildman–Crippen MR) is 80.3 cm³/mol. The van der Waals surface area contributed by atoms with Crippen LogP contribution in [0.25, 0.3) is 0 Å². The van der Waals surface area contributed by atoms with Crippen LogP contribution in [0.5, 0.6) is 5.75 Å². The highest BCUT2D eigenvalue weighted by molar-refractivity contribution is 6.32. The van der Waals surface area contributed by atoms with E-state index in [0.717, 1.165) is 17.7 Å². The summed E-state index contributed by atoms with van der Waals surface area (Å²) in [7, 11) is 1.57. The SMILES string of the molecule is CCc1ccc(CC(O)c2ccc(OC)c(Cl)c2)nc1. The van der Waals surface area contributed by atoms with Crippen LogP contribution in [0.4, 0.5) is 0 Å². The molecule has 0 aliphatic heterocycles. The minimum atomic E-state index is -0.626. The number of rotatable bonds is 5. The van der Waals surface area contributed by atoms with Gasteiger partial charge in [0.25, 0.3) is 0 Å². The molecule has 106 valence electrons. The molecule has 1 N–H and O–H groups in total. The lowest BCUT2D eigenvalue weighted by Gasteiger charge is -2.12. The number of nitrogens with zero attached hydrogens (tertiary/aromatic N) is 1. The van der Waals surface area contributed by atoms with E-state index in [1.165, 1.54) is 5.56 Å². The molecule has 0 amide bonds. The first kappa shape index (κ1) is 14.8. The Bertz CT molecular complexity index is 569. The first-order valence-electron chi connectivity index (χ1n) is 6.59. The van der Waals surface area contributed by atoms with Crippen LogP contribution in [-0.4, -0.2) is 17.2 Å². The standard InChI is InChI=1S/C16H18ClNO2/c1-3-11-4-6-13(18-10-11)9-15(19)12-5-7-16(20-2)14(17)8-12/h4-8,10,15,19H,3,9H2,1-2H3. The molecule has 0 bridgehead atoms. The quantitative estimate of drug-likeness (QED) is 0.915. The molecule has 1 aromatic carbocycles. The zero-order valence-corrected chi connectivity index (χ0v) is 12.4. The van der Waals surface area contributed by atoms with Crippen LogP contribution in [0.2, 0.25) is 5.02 Å². The van der Waals surface area contributed by atoms with Crippen LogP contribution in [0.1, 0.15) is 29.8 Å². The number of methoxy groups -OCH3 is 1. The molecular weight excluding hydrogens is 274 g/mol. The van der Waals surface area contributed by atoms with Gasteiger partial charge >= 0.3 is 0 Å². The molecule has 1 unspecified atom stereocenters. The van der Waals surface area contributed by atoms with E-state index in [4.69, 9.17) is 16.3 Å². The molecule has 1 atom stereocenters. The molecule has 0 saturated heterocycles. The van der Waals surface area contributed by atoms with Crippen molar-refractivity contribution in [2.75, 3.05) is 7.11 Å². The molecule has 1 aromatic heterocycles. The molecule has 20 heavy (non-hydrogen) atoms. The van der Waals surface area contributed by atoms with E-state index in [1.807, 2.05) is 24.4 Å². The van der Waals surface area contributed by atoms with Crippen LogP contribution in [0, 0.1) is 0 Å². The van der Waals surface area contributed by atoms with Crippen molar-refractivity contribution in [2.45, 2.75) is 25.9 Å². The number of aliphatic hydroxyl groups excluding tert-OH is 1. The third kappa shape index (κ3) is 3.50. The number of benzene rings is 1. The second-order valence-electron chi connectivity index (χ2n) is 4.63. The zero-order valence-electron chi connectivity index (χ0n) is 11.6. The van der Waals surface area contributed by atoms with Gasteiger partial charge in [0.15, 0.2) is 0 Å². The Morgan fingerprint density at radius 1 is 1.30 bits per heavy atom. The molecule has 0 spiro atoms. The van der Waals surface area contributed by atoms with Crippen molar-refractivity contribution in [2.24, 2.45) is 0 Å². The van der Waals surface area contributed by atoms with Gasteiger partial charge in [-0.3, -0.25) is 4.98 Å². The first-order valence-corrected chi connectivity index (χ1v) is 6.97. The molecule has 2 rings (SSSR count). The van der Waals surface area contributed by atoms with E-state index >= 15 is 0 Å². The van der Waals surface area contributed by atoms with Gasteiger partial charge < -0.3 is 9.84 Å². The molecule has 0 saturated carbocycles. The summed E-state index contributed by atoms with van der Waals surface area (Å²) >= 11 is 6.06. The molecule has 3 nitrogen and oxygen atoms in total. The molecule has 0 radical (unpaired) electrons. The summed E-state index contributed by atoms with van der Waals surface area (Å²) in [5, 5.41) is 10.7. The average molecular weight is 292 g/mol. The van der Waals surface area contributed by atoms with Gasteiger partial charge in [-0.1, -0.05) is 30.7 Å². The third-order valence-corrected chi connectivity index (χ3v) is 3.55. The van der Waals surface area contributed by atoms with Gasteiger partial charge in [-0.2, -0.15) is 0 Å². The van der Waals surface area contributed by atoms with Crippen molar-refractivity contribution in [3.05, 3.63) is 58.4 Å². The summed E-state index contributed by atoms with van der Waals surface area (Å²) in [4.78, 5) is 4.35. The second kappa shape index (κ2) is 6.73. The number of hydrogen-bond donors (Lipinski definition) is 1. The molecule has 0 fully saturated rings. The predicted octanol–water partition coefficient (Wildman–Crippen LogP) is 3.58. The van der Waals surface area contributed by atoms with Crippen molar-refractivity contribution in [1.82, 2.24) is 4.98 Å². The summed E-state index contributed by atoms with van der Waals surface area (Å²) in [5.41, 5.74) is 2.81. The number of aromatic nitrogens is 1. The van der Waals surface area contributed by atoms with Crippen molar-refractivity contribution < 1.29 is 9.84 Å². The summed E-state index contributed by atoms with van der Waals surface area (Å²) in [6.45, 7) is 2.09. The summed E-state index contributed by atoms with van der Waals surface area (Å²) < 4.78 is 5.10. The van der Waals surface area contributed by atoms with Crippen molar-refractivity contribution in [1.29, 1.82) is 0 Å². The van der Waals surface area contributed by atoms with Crippen LogP contribution in [0.3, 0.4) is 0 Å². The van der Waals surface area contributed by atoms with Gasteiger partial charge in [0.2, 0.25) is 0 Å². The number of pyridine rings is 1. The van der Waals surface area contributed by atoms with Gasteiger partial charge in [-0.05, 0) is 35.7 Å².